The quantitative estimate of drug-likeness (QED) is 0.768. The van der Waals surface area contributed by atoms with E-state index >= 15 is 0 Å². The first kappa shape index (κ1) is 18.5. The van der Waals surface area contributed by atoms with Gasteiger partial charge in [0.15, 0.2) is 0 Å². The number of amides is 1. The lowest BCUT2D eigenvalue weighted by molar-refractivity contribution is -0.117. The third-order valence-corrected chi connectivity index (χ3v) is 4.43. The van der Waals surface area contributed by atoms with Crippen LogP contribution in [-0.4, -0.2) is 15.7 Å². The van der Waals surface area contributed by atoms with E-state index in [9.17, 15) is 14.0 Å². The van der Waals surface area contributed by atoms with E-state index in [2.05, 4.69) is 10.4 Å². The standard InChI is InChI=1S/C21H20FN3O2/c1-13-4-5-16(10-14(13)2)19-8-9-21(27)25(24-19)12-20(26)23-18-7-6-17(22)11-15(18)3/h4-11H,12H2,1-3H3,(H,23,26). The predicted molar refractivity (Wildman–Crippen MR) is 103 cm³/mol. The molecule has 0 atom stereocenters. The van der Waals surface area contributed by atoms with E-state index in [1.165, 1.54) is 29.8 Å². The van der Waals surface area contributed by atoms with E-state index < -0.39 is 5.91 Å². The topological polar surface area (TPSA) is 64.0 Å². The molecule has 1 amide bonds. The fourth-order valence-corrected chi connectivity index (χ4v) is 2.71. The van der Waals surface area contributed by atoms with Crippen molar-refractivity contribution >= 4 is 11.6 Å². The number of benzene rings is 2. The molecular weight excluding hydrogens is 345 g/mol. The maximum Gasteiger partial charge on any atom is 0.267 e. The highest BCUT2D eigenvalue weighted by atomic mass is 19.1. The number of rotatable bonds is 4. The Kier molecular flexibility index (Phi) is 5.16. The van der Waals surface area contributed by atoms with E-state index in [1.807, 2.05) is 32.0 Å². The van der Waals surface area contributed by atoms with Gasteiger partial charge in [0.2, 0.25) is 5.91 Å². The number of carbonyl (C=O) groups is 1. The summed E-state index contributed by atoms with van der Waals surface area (Å²) in [6.07, 6.45) is 0. The van der Waals surface area contributed by atoms with Gasteiger partial charge in [-0.2, -0.15) is 5.10 Å². The summed E-state index contributed by atoms with van der Waals surface area (Å²) in [5.74, 6) is -0.777. The normalized spacial score (nSPS) is 10.7. The van der Waals surface area contributed by atoms with Crippen LogP contribution in [0, 0.1) is 26.6 Å². The van der Waals surface area contributed by atoms with Gasteiger partial charge in [-0.05, 0) is 67.8 Å². The van der Waals surface area contributed by atoms with Gasteiger partial charge in [0.25, 0.3) is 5.56 Å². The van der Waals surface area contributed by atoms with Gasteiger partial charge in [0, 0.05) is 17.3 Å². The number of carbonyl (C=O) groups excluding carboxylic acids is 1. The number of aryl methyl sites for hydroxylation is 3. The third-order valence-electron chi connectivity index (χ3n) is 4.43. The Balaban J connectivity index is 1.83. The molecule has 3 aromatic rings. The minimum atomic E-state index is -0.406. The largest absolute Gasteiger partial charge is 0.324 e. The second-order valence-electron chi connectivity index (χ2n) is 6.52. The maximum absolute atomic E-state index is 13.2. The molecule has 1 heterocycles. The van der Waals surface area contributed by atoms with E-state index in [1.54, 1.807) is 13.0 Å². The van der Waals surface area contributed by atoms with Crippen LogP contribution in [0.15, 0.2) is 53.3 Å². The molecule has 0 saturated carbocycles. The summed E-state index contributed by atoms with van der Waals surface area (Å²) in [7, 11) is 0. The molecule has 1 aromatic heterocycles. The van der Waals surface area contributed by atoms with Crippen molar-refractivity contribution in [1.82, 2.24) is 9.78 Å². The fraction of sp³-hybridized carbons (Fsp3) is 0.190. The van der Waals surface area contributed by atoms with Crippen molar-refractivity contribution in [2.24, 2.45) is 0 Å². The molecule has 0 spiro atoms. The van der Waals surface area contributed by atoms with Gasteiger partial charge < -0.3 is 5.32 Å². The van der Waals surface area contributed by atoms with Crippen molar-refractivity contribution in [3.8, 4) is 11.3 Å². The van der Waals surface area contributed by atoms with Gasteiger partial charge in [-0.15, -0.1) is 0 Å². The highest BCUT2D eigenvalue weighted by Gasteiger charge is 2.10. The Bertz CT molecular complexity index is 1070. The van der Waals surface area contributed by atoms with Gasteiger partial charge in [0.1, 0.15) is 12.4 Å². The maximum atomic E-state index is 13.2. The Morgan fingerprint density at radius 2 is 1.78 bits per heavy atom. The molecular formula is C21H20FN3O2. The van der Waals surface area contributed by atoms with E-state index in [0.717, 1.165) is 15.8 Å². The van der Waals surface area contributed by atoms with Crippen LogP contribution in [0.25, 0.3) is 11.3 Å². The number of nitrogens with one attached hydrogen (secondary N) is 1. The highest BCUT2D eigenvalue weighted by molar-refractivity contribution is 5.91. The fourth-order valence-electron chi connectivity index (χ4n) is 2.71. The Morgan fingerprint density at radius 3 is 2.48 bits per heavy atom. The van der Waals surface area contributed by atoms with E-state index in [-0.39, 0.29) is 17.9 Å². The molecule has 0 unspecified atom stereocenters. The first-order valence-electron chi connectivity index (χ1n) is 8.55. The molecule has 0 aliphatic rings. The predicted octanol–water partition coefficient (Wildman–Crippen LogP) is 3.61. The average molecular weight is 365 g/mol. The van der Waals surface area contributed by atoms with Gasteiger partial charge in [-0.1, -0.05) is 12.1 Å². The summed E-state index contributed by atoms with van der Waals surface area (Å²) < 4.78 is 14.3. The molecule has 0 bridgehead atoms. The zero-order valence-corrected chi connectivity index (χ0v) is 15.4. The van der Waals surface area contributed by atoms with E-state index in [0.29, 0.717) is 16.9 Å². The van der Waals surface area contributed by atoms with Crippen molar-refractivity contribution in [1.29, 1.82) is 0 Å². The second kappa shape index (κ2) is 7.53. The van der Waals surface area contributed by atoms with Crippen molar-refractivity contribution in [3.05, 3.63) is 81.4 Å². The number of hydrogen-bond donors (Lipinski definition) is 1. The van der Waals surface area contributed by atoms with E-state index in [4.69, 9.17) is 0 Å². The van der Waals surface area contributed by atoms with Crippen LogP contribution in [0.5, 0.6) is 0 Å². The molecule has 2 aromatic carbocycles. The van der Waals surface area contributed by atoms with Gasteiger partial charge in [-0.3, -0.25) is 9.59 Å². The highest BCUT2D eigenvalue weighted by Crippen LogP contribution is 2.19. The summed E-state index contributed by atoms with van der Waals surface area (Å²) in [4.78, 5) is 24.4. The van der Waals surface area contributed by atoms with Crippen LogP contribution in [0.3, 0.4) is 0 Å². The number of anilines is 1. The van der Waals surface area contributed by atoms with Crippen molar-refractivity contribution in [3.63, 3.8) is 0 Å². The lowest BCUT2D eigenvalue weighted by Crippen LogP contribution is -2.29. The number of hydrogen-bond acceptors (Lipinski definition) is 3. The lowest BCUT2D eigenvalue weighted by Gasteiger charge is -2.10. The Hall–Kier alpha value is -3.28. The molecule has 0 radical (unpaired) electrons. The van der Waals surface area contributed by atoms with Crippen LogP contribution >= 0.6 is 0 Å². The monoisotopic (exact) mass is 365 g/mol. The number of aromatic nitrogens is 2. The minimum absolute atomic E-state index is 0.228. The second-order valence-corrected chi connectivity index (χ2v) is 6.52. The summed E-state index contributed by atoms with van der Waals surface area (Å²) in [5.41, 5.74) is 4.52. The summed E-state index contributed by atoms with van der Waals surface area (Å²) in [6, 6.07) is 13.1. The molecule has 5 nitrogen and oxygen atoms in total. The molecule has 0 fully saturated rings. The van der Waals surface area contributed by atoms with Crippen LogP contribution in [0.2, 0.25) is 0 Å². The molecule has 138 valence electrons. The molecule has 0 saturated heterocycles. The zero-order valence-electron chi connectivity index (χ0n) is 15.4. The van der Waals surface area contributed by atoms with Gasteiger partial charge in [-0.25, -0.2) is 9.07 Å². The zero-order chi connectivity index (χ0) is 19.6. The molecule has 0 aliphatic heterocycles. The third kappa shape index (κ3) is 4.28. The van der Waals surface area contributed by atoms with Crippen LogP contribution in [-0.2, 0) is 11.3 Å². The number of nitrogens with zero attached hydrogens (tertiary/aromatic N) is 2. The van der Waals surface area contributed by atoms with Crippen molar-refractivity contribution in [2.75, 3.05) is 5.32 Å². The molecule has 1 N–H and O–H groups in total. The van der Waals surface area contributed by atoms with Crippen LogP contribution in [0.1, 0.15) is 16.7 Å². The first-order chi connectivity index (χ1) is 12.8. The van der Waals surface area contributed by atoms with Gasteiger partial charge >= 0.3 is 0 Å². The minimum Gasteiger partial charge on any atom is -0.324 e. The molecule has 6 heteroatoms. The van der Waals surface area contributed by atoms with Crippen molar-refractivity contribution in [2.45, 2.75) is 27.3 Å². The first-order valence-corrected chi connectivity index (χ1v) is 8.55. The smallest absolute Gasteiger partial charge is 0.267 e. The Morgan fingerprint density at radius 1 is 1.00 bits per heavy atom. The van der Waals surface area contributed by atoms with Crippen LogP contribution in [0.4, 0.5) is 10.1 Å². The molecule has 0 aliphatic carbocycles. The summed E-state index contributed by atoms with van der Waals surface area (Å²) in [5, 5.41) is 7.00. The average Bonchev–Trinajstić information content (AvgIpc) is 2.62. The van der Waals surface area contributed by atoms with Gasteiger partial charge in [0.05, 0.1) is 5.69 Å². The summed E-state index contributed by atoms with van der Waals surface area (Å²) in [6.45, 7) is 5.50. The lowest BCUT2D eigenvalue weighted by atomic mass is 10.0. The molecule has 27 heavy (non-hydrogen) atoms. The Labute approximate surface area is 156 Å². The van der Waals surface area contributed by atoms with Crippen LogP contribution < -0.4 is 10.9 Å². The van der Waals surface area contributed by atoms with Crippen molar-refractivity contribution < 1.29 is 9.18 Å². The molecule has 3 rings (SSSR count). The SMILES string of the molecule is Cc1ccc(-c2ccc(=O)n(CC(=O)Nc3ccc(F)cc3C)n2)cc1C. The number of halogens is 1. The summed E-state index contributed by atoms with van der Waals surface area (Å²) >= 11 is 0.